The molecule has 2 aliphatic rings. The number of aromatic nitrogens is 1. The van der Waals surface area contributed by atoms with Crippen LogP contribution >= 0.6 is 0 Å². The van der Waals surface area contributed by atoms with Gasteiger partial charge in [0.1, 0.15) is 11.7 Å². The monoisotopic (exact) mass is 710 g/mol. The molecular weight excluding hydrogens is 678 g/mol. The largest absolute Gasteiger partial charge is 0.416 e. The summed E-state index contributed by atoms with van der Waals surface area (Å²) in [6.45, 7) is 2.09. The average molecular weight is 711 g/mol. The van der Waals surface area contributed by atoms with Crippen LogP contribution in [-0.4, -0.2) is 22.4 Å². The van der Waals surface area contributed by atoms with Crippen LogP contribution in [0.3, 0.4) is 0 Å². The van der Waals surface area contributed by atoms with Crippen LogP contribution in [0.2, 0.25) is 0 Å². The van der Waals surface area contributed by atoms with Crippen molar-refractivity contribution in [2.45, 2.75) is 19.5 Å². The highest BCUT2D eigenvalue weighted by molar-refractivity contribution is 6.16. The zero-order valence-corrected chi connectivity index (χ0v) is 29.3. The summed E-state index contributed by atoms with van der Waals surface area (Å²) in [5.74, 6) is 1.58. The molecule has 0 atom stereocenters. The summed E-state index contributed by atoms with van der Waals surface area (Å²) in [6, 6.07) is 48.7. The van der Waals surface area contributed by atoms with E-state index in [-0.39, 0.29) is 0 Å². The Morgan fingerprint density at radius 1 is 0.611 bits per heavy atom. The number of benzene rings is 6. The van der Waals surface area contributed by atoms with Gasteiger partial charge in [0.15, 0.2) is 5.84 Å². The van der Waals surface area contributed by atoms with E-state index in [2.05, 4.69) is 71.4 Å². The summed E-state index contributed by atoms with van der Waals surface area (Å²) in [7, 11) is 0. The molecule has 0 amide bonds. The molecule has 0 saturated carbocycles. The highest BCUT2D eigenvalue weighted by atomic mass is 19.4. The first kappa shape index (κ1) is 33.1. The van der Waals surface area contributed by atoms with E-state index in [4.69, 9.17) is 9.98 Å². The first-order chi connectivity index (χ1) is 26.3. The highest BCUT2D eigenvalue weighted by Crippen LogP contribution is 2.35. The van der Waals surface area contributed by atoms with Gasteiger partial charge in [-0.15, -0.1) is 0 Å². The molecule has 262 valence electrons. The van der Waals surface area contributed by atoms with E-state index in [0.29, 0.717) is 39.9 Å². The fourth-order valence-electron chi connectivity index (χ4n) is 7.35. The third-order valence-corrected chi connectivity index (χ3v) is 9.93. The normalized spacial score (nSPS) is 16.6. The number of fused-ring (bicyclic) bond motifs is 3. The van der Waals surface area contributed by atoms with Crippen molar-refractivity contribution in [3.8, 4) is 16.8 Å². The van der Waals surface area contributed by atoms with Gasteiger partial charge < -0.3 is 9.88 Å². The molecule has 1 aliphatic heterocycles. The first-order valence-corrected chi connectivity index (χ1v) is 17.8. The summed E-state index contributed by atoms with van der Waals surface area (Å²) in [4.78, 5) is 10.0. The van der Waals surface area contributed by atoms with Crippen molar-refractivity contribution in [1.82, 2.24) is 9.88 Å². The number of hydrogen-bond donors (Lipinski definition) is 1. The number of rotatable bonds is 4. The molecule has 0 unspecified atom stereocenters. The Hall–Kier alpha value is -6.73. The molecule has 0 fully saturated rings. The lowest BCUT2D eigenvalue weighted by atomic mass is 9.98. The Morgan fingerprint density at radius 2 is 1.31 bits per heavy atom. The molecule has 54 heavy (non-hydrogen) atoms. The van der Waals surface area contributed by atoms with Gasteiger partial charge in [-0.25, -0.2) is 9.98 Å². The van der Waals surface area contributed by atoms with E-state index in [1.807, 2.05) is 91.0 Å². The van der Waals surface area contributed by atoms with Crippen LogP contribution in [0.15, 0.2) is 179 Å². The Bertz CT molecular complexity index is 2860. The maximum absolute atomic E-state index is 14.1. The van der Waals surface area contributed by atoms with Crippen molar-refractivity contribution in [1.29, 1.82) is 0 Å². The summed E-state index contributed by atoms with van der Waals surface area (Å²) in [5, 5.41) is 7.00. The maximum Gasteiger partial charge on any atom is 0.416 e. The molecule has 1 N–H and O–H groups in total. The van der Waals surface area contributed by atoms with Crippen LogP contribution in [0, 0.1) is 6.92 Å². The number of aryl methyl sites for hydroxylation is 1. The lowest BCUT2D eigenvalue weighted by Crippen LogP contribution is -2.38. The molecule has 7 heteroatoms. The van der Waals surface area contributed by atoms with Gasteiger partial charge in [0.25, 0.3) is 0 Å². The Morgan fingerprint density at radius 3 is 2.09 bits per heavy atom. The number of para-hydroxylation sites is 1. The minimum atomic E-state index is -4.48. The highest BCUT2D eigenvalue weighted by Gasteiger charge is 2.32. The number of hydrogen-bond acceptors (Lipinski definition) is 3. The minimum absolute atomic E-state index is 0.337. The van der Waals surface area contributed by atoms with Gasteiger partial charge >= 0.3 is 6.18 Å². The zero-order valence-electron chi connectivity index (χ0n) is 29.3. The Balaban J connectivity index is 1.36. The van der Waals surface area contributed by atoms with E-state index in [9.17, 15) is 13.2 Å². The van der Waals surface area contributed by atoms with Crippen LogP contribution < -0.4 is 15.8 Å². The smallest absolute Gasteiger partial charge is 0.324 e. The second-order valence-electron chi connectivity index (χ2n) is 13.5. The van der Waals surface area contributed by atoms with Crippen LogP contribution in [0.4, 0.5) is 13.2 Å². The van der Waals surface area contributed by atoms with Crippen LogP contribution in [0.5, 0.6) is 0 Å². The number of allylic oxidation sites excluding steroid dienone is 4. The van der Waals surface area contributed by atoms with Gasteiger partial charge in [0.05, 0.1) is 16.6 Å². The molecule has 0 radical (unpaired) electrons. The van der Waals surface area contributed by atoms with E-state index >= 15 is 0 Å². The topological polar surface area (TPSA) is 41.7 Å². The molecule has 0 saturated heterocycles. The van der Waals surface area contributed by atoms with E-state index in [1.165, 1.54) is 11.6 Å². The Kier molecular flexibility index (Phi) is 8.19. The molecule has 4 nitrogen and oxygen atoms in total. The van der Waals surface area contributed by atoms with Gasteiger partial charge in [0.2, 0.25) is 0 Å². The van der Waals surface area contributed by atoms with Gasteiger partial charge in [-0.05, 0) is 65.6 Å². The molecule has 9 rings (SSSR count). The van der Waals surface area contributed by atoms with Crippen molar-refractivity contribution in [2.24, 2.45) is 9.98 Å². The third-order valence-electron chi connectivity index (χ3n) is 9.93. The quantitative estimate of drug-likeness (QED) is 0.194. The SMILES string of the molecule is Cc1cccc(-c2ccc3c4ccccc4n(-c4ccc(=C5C=C(C(F)(F)F)C=CC5)c(=C5N=C(c6ccccc6)N=C(c6ccccc6)N5)c4)c3c2)c1. The lowest BCUT2D eigenvalue weighted by Gasteiger charge is -2.19. The van der Waals surface area contributed by atoms with Crippen molar-refractivity contribution in [2.75, 3.05) is 0 Å². The second-order valence-corrected chi connectivity index (χ2v) is 13.5. The van der Waals surface area contributed by atoms with Crippen molar-refractivity contribution < 1.29 is 13.2 Å². The Labute approximate surface area is 310 Å². The number of nitrogens with zero attached hydrogens (tertiary/aromatic N) is 3. The van der Waals surface area contributed by atoms with Gasteiger partial charge in [-0.1, -0.05) is 139 Å². The number of amidine groups is 2. The van der Waals surface area contributed by atoms with Crippen LogP contribution in [0.25, 0.3) is 50.0 Å². The van der Waals surface area contributed by atoms with Crippen LogP contribution in [0.1, 0.15) is 23.1 Å². The average Bonchev–Trinajstić information content (AvgIpc) is 3.54. The summed E-state index contributed by atoms with van der Waals surface area (Å²) in [6.07, 6.45) is -0.167. The van der Waals surface area contributed by atoms with Crippen LogP contribution in [-0.2, 0) is 0 Å². The molecular formula is C47H33F3N4. The van der Waals surface area contributed by atoms with Gasteiger partial charge in [-0.2, -0.15) is 13.2 Å². The molecule has 0 bridgehead atoms. The number of aliphatic imine (C=N–C) groups is 2. The standard InChI is InChI=1S/C47H33F3N4/c1-30-12-10-17-33(26-30)34-22-24-40-39-20-8-9-21-42(39)54(43(40)28-34)37-23-25-38(35-18-11-19-36(27-35)47(48,49)50)41(29-37)46-52-44(31-13-4-2-5-14-31)51-45(53-46)32-15-6-3-7-16-32/h2-17,19-29H,18H2,1H3,(H,51,52,53). The molecule has 0 spiro atoms. The lowest BCUT2D eigenvalue weighted by molar-refractivity contribution is -0.0882. The second kappa shape index (κ2) is 13.4. The van der Waals surface area contributed by atoms with Gasteiger partial charge in [-0.3, -0.25) is 0 Å². The first-order valence-electron chi connectivity index (χ1n) is 17.8. The fraction of sp³-hybridized carbons (Fsp3) is 0.0638. The van der Waals surface area contributed by atoms with Gasteiger partial charge in [0, 0.05) is 32.8 Å². The summed E-state index contributed by atoms with van der Waals surface area (Å²) < 4.78 is 44.5. The molecule has 2 heterocycles. The molecule has 1 aromatic heterocycles. The van der Waals surface area contributed by atoms with E-state index in [0.717, 1.165) is 55.8 Å². The third kappa shape index (κ3) is 6.13. The molecule has 7 aromatic rings. The van der Waals surface area contributed by atoms with Crippen molar-refractivity contribution >= 4 is 44.9 Å². The summed E-state index contributed by atoms with van der Waals surface area (Å²) in [5.41, 5.74) is 7.80. The molecule has 6 aromatic carbocycles. The molecule has 1 aliphatic carbocycles. The predicted molar refractivity (Wildman–Crippen MR) is 214 cm³/mol. The maximum atomic E-state index is 14.1. The number of halogens is 3. The van der Waals surface area contributed by atoms with Crippen molar-refractivity contribution in [3.05, 3.63) is 197 Å². The zero-order chi connectivity index (χ0) is 36.8. The van der Waals surface area contributed by atoms with E-state index < -0.39 is 11.7 Å². The number of alkyl halides is 3. The fourth-order valence-corrected chi connectivity index (χ4v) is 7.35. The van der Waals surface area contributed by atoms with Crippen molar-refractivity contribution in [3.63, 3.8) is 0 Å². The van der Waals surface area contributed by atoms with E-state index in [1.54, 1.807) is 6.08 Å². The predicted octanol–water partition coefficient (Wildman–Crippen LogP) is 9.92. The number of nitrogens with one attached hydrogen (secondary N) is 1. The summed E-state index contributed by atoms with van der Waals surface area (Å²) >= 11 is 0. The minimum Gasteiger partial charge on any atom is -0.324 e.